The third kappa shape index (κ3) is 3.06. The molecule has 0 spiro atoms. The number of esters is 1. The Balaban J connectivity index is 1.75. The number of fused-ring (bicyclic) bond motifs is 1. The van der Waals surface area contributed by atoms with Gasteiger partial charge in [0.25, 0.3) is 0 Å². The van der Waals surface area contributed by atoms with Crippen LogP contribution in [0.3, 0.4) is 0 Å². The summed E-state index contributed by atoms with van der Waals surface area (Å²) in [7, 11) is 1.36. The minimum absolute atomic E-state index is 0.343. The molecule has 2 aromatic carbocycles. The Bertz CT molecular complexity index is 814. The van der Waals surface area contributed by atoms with E-state index in [1.807, 2.05) is 36.4 Å². The minimum atomic E-state index is -0.380. The van der Waals surface area contributed by atoms with Gasteiger partial charge >= 0.3 is 5.97 Å². The van der Waals surface area contributed by atoms with Gasteiger partial charge in [0.1, 0.15) is 12.4 Å². The summed E-state index contributed by atoms with van der Waals surface area (Å²) in [5.74, 6) is 0.229. The Labute approximate surface area is 128 Å². The van der Waals surface area contributed by atoms with E-state index < -0.39 is 0 Å². The van der Waals surface area contributed by atoms with Gasteiger partial charge in [0.2, 0.25) is 0 Å². The van der Waals surface area contributed by atoms with E-state index in [1.165, 1.54) is 7.11 Å². The molecule has 0 aliphatic carbocycles. The number of aromatic nitrogens is 1. The van der Waals surface area contributed by atoms with Crippen molar-refractivity contribution < 1.29 is 14.3 Å². The number of ether oxygens (including phenoxy) is 2. The lowest BCUT2D eigenvalue weighted by atomic mass is 10.2. The molecule has 4 nitrogen and oxygen atoms in total. The summed E-state index contributed by atoms with van der Waals surface area (Å²) < 4.78 is 10.4. The van der Waals surface area contributed by atoms with Crippen LogP contribution >= 0.6 is 0 Å². The number of nitrogens with zero attached hydrogens (tertiary/aromatic N) is 1. The van der Waals surface area contributed by atoms with Gasteiger partial charge in [-0.1, -0.05) is 30.3 Å². The number of hydrogen-bond acceptors (Lipinski definition) is 4. The zero-order valence-corrected chi connectivity index (χ0v) is 12.2. The highest BCUT2D eigenvalue weighted by atomic mass is 16.5. The molecule has 0 atom stereocenters. The largest absolute Gasteiger partial charge is 0.487 e. The number of rotatable bonds is 4. The fourth-order valence-corrected chi connectivity index (χ4v) is 2.18. The van der Waals surface area contributed by atoms with Crippen molar-refractivity contribution in [3.05, 3.63) is 71.9 Å². The van der Waals surface area contributed by atoms with Crippen molar-refractivity contribution in [2.75, 3.05) is 7.11 Å². The van der Waals surface area contributed by atoms with Gasteiger partial charge in [-0.05, 0) is 30.3 Å². The van der Waals surface area contributed by atoms with Crippen LogP contribution in [-0.4, -0.2) is 18.1 Å². The van der Waals surface area contributed by atoms with Crippen LogP contribution in [0.15, 0.2) is 60.7 Å². The molecule has 0 aliphatic heterocycles. The molecular weight excluding hydrogens is 278 g/mol. The maximum absolute atomic E-state index is 11.5. The van der Waals surface area contributed by atoms with E-state index in [-0.39, 0.29) is 5.97 Å². The van der Waals surface area contributed by atoms with Crippen LogP contribution in [-0.2, 0) is 11.3 Å². The first-order valence-corrected chi connectivity index (χ1v) is 6.92. The smallest absolute Gasteiger partial charge is 0.337 e. The number of hydrogen-bond donors (Lipinski definition) is 0. The van der Waals surface area contributed by atoms with Crippen LogP contribution in [0.5, 0.6) is 5.75 Å². The van der Waals surface area contributed by atoms with Crippen LogP contribution in [0.4, 0.5) is 0 Å². The SMILES string of the molecule is COC(=O)c1cccc(OCc2ccc3ccccc3n2)c1. The molecular formula is C18H15NO3. The lowest BCUT2D eigenvalue weighted by Crippen LogP contribution is -2.02. The second kappa shape index (κ2) is 6.26. The summed E-state index contributed by atoms with van der Waals surface area (Å²) in [4.78, 5) is 16.0. The molecule has 0 amide bonds. The van der Waals surface area contributed by atoms with Gasteiger partial charge < -0.3 is 9.47 Å². The molecule has 0 aliphatic rings. The van der Waals surface area contributed by atoms with Crippen LogP contribution < -0.4 is 4.74 Å². The van der Waals surface area contributed by atoms with Crippen LogP contribution in [0, 0.1) is 0 Å². The maximum atomic E-state index is 11.5. The van der Waals surface area contributed by atoms with Gasteiger partial charge in [0.15, 0.2) is 0 Å². The van der Waals surface area contributed by atoms with Gasteiger partial charge in [-0.3, -0.25) is 0 Å². The Morgan fingerprint density at radius 3 is 2.77 bits per heavy atom. The summed E-state index contributed by atoms with van der Waals surface area (Å²) >= 11 is 0. The van der Waals surface area contributed by atoms with Crippen molar-refractivity contribution in [3.63, 3.8) is 0 Å². The maximum Gasteiger partial charge on any atom is 0.337 e. The van der Waals surface area contributed by atoms with E-state index in [9.17, 15) is 4.79 Å². The highest BCUT2D eigenvalue weighted by Gasteiger charge is 2.06. The van der Waals surface area contributed by atoms with Crippen molar-refractivity contribution in [2.24, 2.45) is 0 Å². The molecule has 0 fully saturated rings. The third-order valence-electron chi connectivity index (χ3n) is 3.30. The Morgan fingerprint density at radius 1 is 1.05 bits per heavy atom. The van der Waals surface area contributed by atoms with Crippen LogP contribution in [0.1, 0.15) is 16.1 Å². The number of benzene rings is 2. The number of pyridine rings is 1. The van der Waals surface area contributed by atoms with E-state index in [1.54, 1.807) is 24.3 Å². The highest BCUT2D eigenvalue weighted by Crippen LogP contribution is 2.17. The second-order valence-corrected chi connectivity index (χ2v) is 4.80. The number of carbonyl (C=O) groups excluding carboxylic acids is 1. The molecule has 1 heterocycles. The first kappa shape index (κ1) is 14.1. The fourth-order valence-electron chi connectivity index (χ4n) is 2.18. The lowest BCUT2D eigenvalue weighted by molar-refractivity contribution is 0.0600. The zero-order chi connectivity index (χ0) is 15.4. The monoisotopic (exact) mass is 293 g/mol. The Kier molecular flexibility index (Phi) is 4.01. The van der Waals surface area contributed by atoms with Crippen LogP contribution in [0.25, 0.3) is 10.9 Å². The van der Waals surface area contributed by atoms with E-state index in [4.69, 9.17) is 9.47 Å². The average Bonchev–Trinajstić information content (AvgIpc) is 2.59. The van der Waals surface area contributed by atoms with E-state index in [2.05, 4.69) is 4.98 Å². The van der Waals surface area contributed by atoms with Crippen molar-refractivity contribution in [3.8, 4) is 5.75 Å². The van der Waals surface area contributed by atoms with Crippen molar-refractivity contribution in [2.45, 2.75) is 6.61 Å². The highest BCUT2D eigenvalue weighted by molar-refractivity contribution is 5.89. The fraction of sp³-hybridized carbons (Fsp3) is 0.111. The first-order valence-electron chi connectivity index (χ1n) is 6.92. The zero-order valence-electron chi connectivity index (χ0n) is 12.2. The quantitative estimate of drug-likeness (QED) is 0.690. The number of carbonyl (C=O) groups is 1. The third-order valence-corrected chi connectivity index (χ3v) is 3.30. The Hall–Kier alpha value is -2.88. The van der Waals surface area contributed by atoms with Crippen LogP contribution in [0.2, 0.25) is 0 Å². The molecule has 3 rings (SSSR count). The van der Waals surface area contributed by atoms with Gasteiger partial charge in [-0.15, -0.1) is 0 Å². The first-order chi connectivity index (χ1) is 10.8. The summed E-state index contributed by atoms with van der Waals surface area (Å²) in [6, 6.07) is 18.8. The molecule has 110 valence electrons. The molecule has 0 unspecified atom stereocenters. The lowest BCUT2D eigenvalue weighted by Gasteiger charge is -2.08. The van der Waals surface area contributed by atoms with Gasteiger partial charge in [-0.2, -0.15) is 0 Å². The van der Waals surface area contributed by atoms with Crippen molar-refractivity contribution >= 4 is 16.9 Å². The number of methoxy groups -OCH3 is 1. The van der Waals surface area contributed by atoms with Crippen molar-refractivity contribution in [1.29, 1.82) is 0 Å². The van der Waals surface area contributed by atoms with E-state index in [0.29, 0.717) is 17.9 Å². The van der Waals surface area contributed by atoms with E-state index in [0.717, 1.165) is 16.6 Å². The predicted octanol–water partition coefficient (Wildman–Crippen LogP) is 3.60. The molecule has 4 heteroatoms. The molecule has 0 saturated heterocycles. The summed E-state index contributed by atoms with van der Waals surface area (Å²) in [5.41, 5.74) is 2.24. The normalized spacial score (nSPS) is 10.4. The predicted molar refractivity (Wildman–Crippen MR) is 83.9 cm³/mol. The Morgan fingerprint density at radius 2 is 1.91 bits per heavy atom. The summed E-state index contributed by atoms with van der Waals surface area (Å²) in [6.07, 6.45) is 0. The van der Waals surface area contributed by atoms with Gasteiger partial charge in [0, 0.05) is 5.39 Å². The molecule has 1 aromatic heterocycles. The summed E-state index contributed by atoms with van der Waals surface area (Å²) in [6.45, 7) is 0.343. The molecule has 3 aromatic rings. The van der Waals surface area contributed by atoms with Gasteiger partial charge in [-0.25, -0.2) is 9.78 Å². The standard InChI is InChI=1S/C18H15NO3/c1-21-18(20)14-6-4-7-16(11-14)22-12-15-10-9-13-5-2-3-8-17(13)19-15/h2-11H,12H2,1H3. The molecule has 0 N–H and O–H groups in total. The van der Waals surface area contributed by atoms with E-state index >= 15 is 0 Å². The number of para-hydroxylation sites is 1. The second-order valence-electron chi connectivity index (χ2n) is 4.80. The molecule has 22 heavy (non-hydrogen) atoms. The molecule has 0 bridgehead atoms. The van der Waals surface area contributed by atoms with Gasteiger partial charge in [0.05, 0.1) is 23.9 Å². The topological polar surface area (TPSA) is 48.4 Å². The average molecular weight is 293 g/mol. The molecule has 0 radical (unpaired) electrons. The minimum Gasteiger partial charge on any atom is -0.487 e. The van der Waals surface area contributed by atoms with Crippen molar-refractivity contribution in [1.82, 2.24) is 4.98 Å². The summed E-state index contributed by atoms with van der Waals surface area (Å²) in [5, 5.41) is 1.10. The molecule has 0 saturated carbocycles.